The third kappa shape index (κ3) is 2.96. The molecule has 3 fully saturated rings. The second kappa shape index (κ2) is 7.37. The molecule has 3 heterocycles. The summed E-state index contributed by atoms with van der Waals surface area (Å²) in [6.45, 7) is 6.80. The molecule has 0 saturated carbocycles. The van der Waals surface area contributed by atoms with Crippen molar-refractivity contribution in [3.63, 3.8) is 0 Å². The highest BCUT2D eigenvalue weighted by atomic mass is 19.1. The Bertz CT molecular complexity index is 1270. The van der Waals surface area contributed by atoms with Crippen LogP contribution in [0.5, 0.6) is 5.75 Å². The Hall–Kier alpha value is -3.75. The predicted octanol–water partition coefficient (Wildman–Crippen LogP) is 3.52. The van der Waals surface area contributed by atoms with Crippen molar-refractivity contribution in [1.82, 2.24) is 9.80 Å². The molecule has 5 rings (SSSR count). The van der Waals surface area contributed by atoms with E-state index in [2.05, 4.69) is 0 Å². The first-order chi connectivity index (χ1) is 16.4. The van der Waals surface area contributed by atoms with Crippen LogP contribution < -0.4 is 9.64 Å². The fourth-order valence-electron chi connectivity index (χ4n) is 5.84. The van der Waals surface area contributed by atoms with E-state index < -0.39 is 58.5 Å². The number of nitrogens with zero attached hydrogens (tertiary/aromatic N) is 3. The van der Waals surface area contributed by atoms with Crippen molar-refractivity contribution in [2.45, 2.75) is 44.8 Å². The molecule has 0 bridgehead atoms. The number of carbonyl (C=O) groups is 4. The number of halogens is 1. The number of imide groups is 2. The van der Waals surface area contributed by atoms with Gasteiger partial charge in [0.15, 0.2) is 0 Å². The molecule has 0 spiro atoms. The van der Waals surface area contributed by atoms with Gasteiger partial charge in [-0.05, 0) is 63.6 Å². The largest absolute Gasteiger partial charge is 0.497 e. The second-order valence-electron chi connectivity index (χ2n) is 10.3. The number of fused-ring (bicyclic) bond motifs is 3. The number of hydrogen-bond acceptors (Lipinski definition) is 5. The Labute approximate surface area is 202 Å². The van der Waals surface area contributed by atoms with Crippen molar-refractivity contribution in [2.75, 3.05) is 12.0 Å². The molecule has 2 aromatic rings. The molecular weight excluding hydrogens is 453 g/mol. The summed E-state index contributed by atoms with van der Waals surface area (Å²) in [5.74, 6) is -3.58. The van der Waals surface area contributed by atoms with Crippen molar-refractivity contribution in [1.29, 1.82) is 0 Å². The van der Waals surface area contributed by atoms with Crippen LogP contribution in [0.15, 0.2) is 48.5 Å². The quantitative estimate of drug-likeness (QED) is 0.497. The van der Waals surface area contributed by atoms with E-state index in [1.807, 2.05) is 0 Å². The van der Waals surface area contributed by atoms with E-state index in [4.69, 9.17) is 4.74 Å². The Kier molecular flexibility index (Phi) is 4.85. The Morgan fingerprint density at radius 3 is 2.20 bits per heavy atom. The summed E-state index contributed by atoms with van der Waals surface area (Å²) in [4.78, 5) is 58.6. The first-order valence-corrected chi connectivity index (χ1v) is 11.4. The Morgan fingerprint density at radius 2 is 1.63 bits per heavy atom. The van der Waals surface area contributed by atoms with Crippen LogP contribution in [0.25, 0.3) is 0 Å². The molecule has 3 unspecified atom stereocenters. The maximum absolute atomic E-state index is 14.0. The summed E-state index contributed by atoms with van der Waals surface area (Å²) in [5, 5.41) is 0. The maximum Gasteiger partial charge on any atom is 0.332 e. The fourth-order valence-corrected chi connectivity index (χ4v) is 5.84. The number of likely N-dealkylation sites (tertiary alicyclic amines) is 1. The zero-order chi connectivity index (χ0) is 25.4. The Balaban J connectivity index is 1.71. The average molecular weight is 480 g/mol. The van der Waals surface area contributed by atoms with Gasteiger partial charge in [0.2, 0.25) is 11.8 Å². The van der Waals surface area contributed by atoms with Gasteiger partial charge in [0.25, 0.3) is 5.91 Å². The number of rotatable bonds is 3. The highest BCUT2D eigenvalue weighted by molar-refractivity contribution is 6.26. The molecule has 3 saturated heterocycles. The van der Waals surface area contributed by atoms with Gasteiger partial charge in [0, 0.05) is 5.54 Å². The van der Waals surface area contributed by atoms with E-state index in [9.17, 15) is 23.6 Å². The normalized spacial score (nSPS) is 28.2. The zero-order valence-electron chi connectivity index (χ0n) is 20.1. The molecule has 2 aromatic carbocycles. The van der Waals surface area contributed by atoms with Crippen molar-refractivity contribution >= 4 is 29.4 Å². The van der Waals surface area contributed by atoms with Gasteiger partial charge >= 0.3 is 6.03 Å². The third-order valence-corrected chi connectivity index (χ3v) is 7.30. The molecule has 35 heavy (non-hydrogen) atoms. The number of carbonyl (C=O) groups excluding carboxylic acids is 4. The molecule has 8 nitrogen and oxygen atoms in total. The third-order valence-electron chi connectivity index (χ3n) is 7.30. The predicted molar refractivity (Wildman–Crippen MR) is 124 cm³/mol. The van der Waals surface area contributed by atoms with Crippen molar-refractivity contribution in [2.24, 2.45) is 11.8 Å². The molecule has 182 valence electrons. The SMILES string of the molecule is COc1ccc(C2C3C(=O)N(C(C)(C)C)C(=O)C3[C@]3(C)C(=O)N(c4cccc(F)c4)C(=O)N23)cc1. The number of hydrogen-bond donors (Lipinski definition) is 0. The second-order valence-corrected chi connectivity index (χ2v) is 10.3. The first kappa shape index (κ1) is 23.0. The smallest absolute Gasteiger partial charge is 0.332 e. The lowest BCUT2D eigenvalue weighted by molar-refractivity contribution is -0.148. The molecule has 0 radical (unpaired) electrons. The lowest BCUT2D eigenvalue weighted by atomic mass is 9.79. The van der Waals surface area contributed by atoms with E-state index in [0.29, 0.717) is 11.3 Å². The molecule has 0 aromatic heterocycles. The maximum atomic E-state index is 14.0. The molecule has 5 amide bonds. The minimum atomic E-state index is -1.62. The van der Waals surface area contributed by atoms with Crippen LogP contribution in [0.4, 0.5) is 14.9 Å². The van der Waals surface area contributed by atoms with E-state index >= 15 is 0 Å². The van der Waals surface area contributed by atoms with E-state index in [0.717, 1.165) is 11.0 Å². The van der Waals surface area contributed by atoms with Gasteiger partial charge in [-0.15, -0.1) is 0 Å². The van der Waals surface area contributed by atoms with Crippen LogP contribution in [0.2, 0.25) is 0 Å². The van der Waals surface area contributed by atoms with Gasteiger partial charge in [0.1, 0.15) is 17.1 Å². The molecule has 4 atom stereocenters. The first-order valence-electron chi connectivity index (χ1n) is 11.4. The molecule has 3 aliphatic heterocycles. The van der Waals surface area contributed by atoms with Gasteiger partial charge < -0.3 is 9.64 Å². The summed E-state index contributed by atoms with van der Waals surface area (Å²) in [6.07, 6.45) is 0. The van der Waals surface area contributed by atoms with Crippen LogP contribution in [0.3, 0.4) is 0 Å². The van der Waals surface area contributed by atoms with Gasteiger partial charge in [-0.25, -0.2) is 14.1 Å². The monoisotopic (exact) mass is 479 g/mol. The van der Waals surface area contributed by atoms with Crippen molar-refractivity contribution in [3.8, 4) is 5.75 Å². The number of ether oxygens (including phenoxy) is 1. The van der Waals surface area contributed by atoms with Crippen LogP contribution in [-0.4, -0.2) is 51.7 Å². The standard InChI is InChI=1S/C26H26FN3O5/c1-25(2,3)30-21(31)18-19(22(30)32)26(4)23(33)28(16-8-6-7-15(27)13-16)24(34)29(26)20(18)14-9-11-17(35-5)12-10-14/h6-13,18-20H,1-5H3/t18?,19?,20?,26-/m1/s1. The Morgan fingerprint density at radius 1 is 0.971 bits per heavy atom. The van der Waals surface area contributed by atoms with Crippen LogP contribution in [-0.2, 0) is 14.4 Å². The van der Waals surface area contributed by atoms with Gasteiger partial charge in [-0.1, -0.05) is 18.2 Å². The summed E-state index contributed by atoms with van der Waals surface area (Å²) in [6, 6.07) is 10.5. The van der Waals surface area contributed by atoms with Gasteiger partial charge in [0.05, 0.1) is 30.7 Å². The van der Waals surface area contributed by atoms with E-state index in [-0.39, 0.29) is 5.69 Å². The number of urea groups is 1. The highest BCUT2D eigenvalue weighted by Crippen LogP contribution is 2.59. The number of amides is 5. The lowest BCUT2D eigenvalue weighted by Gasteiger charge is -2.36. The minimum Gasteiger partial charge on any atom is -0.497 e. The number of anilines is 1. The van der Waals surface area contributed by atoms with Crippen molar-refractivity contribution < 1.29 is 28.3 Å². The average Bonchev–Trinajstić information content (AvgIpc) is 3.30. The summed E-state index contributed by atoms with van der Waals surface area (Å²) in [7, 11) is 1.53. The minimum absolute atomic E-state index is 0.0742. The fraction of sp³-hybridized carbons (Fsp3) is 0.385. The molecular formula is C26H26FN3O5. The molecule has 3 aliphatic rings. The van der Waals surface area contributed by atoms with Gasteiger partial charge in [-0.3, -0.25) is 19.3 Å². The number of benzene rings is 2. The van der Waals surface area contributed by atoms with Crippen LogP contribution in [0.1, 0.15) is 39.3 Å². The zero-order valence-corrected chi connectivity index (χ0v) is 20.1. The van der Waals surface area contributed by atoms with Crippen LogP contribution >= 0.6 is 0 Å². The highest BCUT2D eigenvalue weighted by Gasteiger charge is 2.76. The van der Waals surface area contributed by atoms with E-state index in [1.165, 1.54) is 42.0 Å². The molecule has 9 heteroatoms. The van der Waals surface area contributed by atoms with Crippen molar-refractivity contribution in [3.05, 3.63) is 59.9 Å². The summed E-state index contributed by atoms with van der Waals surface area (Å²) < 4.78 is 19.2. The lowest BCUT2D eigenvalue weighted by Crippen LogP contribution is -2.54. The topological polar surface area (TPSA) is 87.2 Å². The summed E-state index contributed by atoms with van der Waals surface area (Å²) >= 11 is 0. The van der Waals surface area contributed by atoms with Crippen LogP contribution in [0, 0.1) is 17.7 Å². The van der Waals surface area contributed by atoms with Gasteiger partial charge in [-0.2, -0.15) is 0 Å². The molecule has 0 aliphatic carbocycles. The molecule has 0 N–H and O–H groups in total. The summed E-state index contributed by atoms with van der Waals surface area (Å²) in [5.41, 5.74) is -1.75. The number of methoxy groups -OCH3 is 1. The van der Waals surface area contributed by atoms with E-state index in [1.54, 1.807) is 45.0 Å².